The van der Waals surface area contributed by atoms with Crippen molar-refractivity contribution < 1.29 is 34.2 Å². The third-order valence-electron chi connectivity index (χ3n) is 6.39. The second-order valence-corrected chi connectivity index (χ2v) is 9.65. The first-order valence-corrected chi connectivity index (χ1v) is 13.1. The number of fused-ring (bicyclic) bond motifs is 1. The summed E-state index contributed by atoms with van der Waals surface area (Å²) < 4.78 is 0. The first-order chi connectivity index (χ1) is 18.9. The molecule has 0 fully saturated rings. The highest BCUT2D eigenvalue weighted by atomic mass is 16.4. The van der Waals surface area contributed by atoms with Gasteiger partial charge in [-0.2, -0.15) is 0 Å². The van der Waals surface area contributed by atoms with Gasteiger partial charge >= 0.3 is 5.97 Å². The molecular formula is C26H39N7O7. The van der Waals surface area contributed by atoms with Crippen molar-refractivity contribution in [3.63, 3.8) is 0 Å². The number of nitrogens with one attached hydrogen (secondary N) is 4. The Morgan fingerprint density at radius 2 is 1.62 bits per heavy atom. The standard InChI is InChI=1S/C26H39N7O7/c1-14(34)22(25(38)31-19(26(39)40)9-10-21(29)35)33-24(37)20(32-23(36)17(28)7-4-5-11-27)12-15-13-30-18-8-3-2-6-16(15)18/h2-3,6,8,13-14,17,19-20,22,30,34H,4-5,7,9-12,27-28H2,1H3,(H2,29,35)(H,31,38)(H,32,36)(H,33,37)(H,39,40). The minimum Gasteiger partial charge on any atom is -0.480 e. The number of hydrogen-bond donors (Lipinski definition) is 9. The van der Waals surface area contributed by atoms with Crippen LogP contribution in [0, 0.1) is 0 Å². The van der Waals surface area contributed by atoms with E-state index >= 15 is 0 Å². The molecule has 1 heterocycles. The van der Waals surface area contributed by atoms with Crippen LogP contribution in [-0.2, 0) is 30.4 Å². The number of rotatable bonds is 17. The number of unbranched alkanes of at least 4 members (excludes halogenated alkanes) is 1. The second kappa shape index (κ2) is 15.5. The van der Waals surface area contributed by atoms with E-state index in [1.807, 2.05) is 24.3 Å². The number of benzene rings is 1. The van der Waals surface area contributed by atoms with E-state index in [2.05, 4.69) is 20.9 Å². The summed E-state index contributed by atoms with van der Waals surface area (Å²) in [6.45, 7) is 1.69. The van der Waals surface area contributed by atoms with Crippen LogP contribution in [0.2, 0.25) is 0 Å². The number of aliphatic hydroxyl groups is 1. The predicted molar refractivity (Wildman–Crippen MR) is 146 cm³/mol. The fourth-order valence-corrected chi connectivity index (χ4v) is 4.11. The molecule has 0 saturated carbocycles. The molecule has 1 aromatic heterocycles. The number of aliphatic hydroxyl groups excluding tert-OH is 1. The van der Waals surface area contributed by atoms with E-state index < -0.39 is 59.9 Å². The smallest absolute Gasteiger partial charge is 0.326 e. The van der Waals surface area contributed by atoms with Gasteiger partial charge in [-0.05, 0) is 44.4 Å². The number of para-hydroxylation sites is 1. The van der Waals surface area contributed by atoms with Crippen LogP contribution in [0.25, 0.3) is 10.9 Å². The molecule has 0 radical (unpaired) electrons. The average Bonchev–Trinajstić information content (AvgIpc) is 3.31. The van der Waals surface area contributed by atoms with Gasteiger partial charge in [0.05, 0.1) is 12.1 Å². The molecule has 0 saturated heterocycles. The number of amides is 4. The van der Waals surface area contributed by atoms with Crippen LogP contribution in [0.4, 0.5) is 0 Å². The van der Waals surface area contributed by atoms with Gasteiger partial charge in [-0.3, -0.25) is 19.2 Å². The number of carboxylic acids is 1. The number of aromatic amines is 1. The molecule has 4 amide bonds. The Morgan fingerprint density at radius 1 is 0.950 bits per heavy atom. The summed E-state index contributed by atoms with van der Waals surface area (Å²) >= 11 is 0. The maximum Gasteiger partial charge on any atom is 0.326 e. The largest absolute Gasteiger partial charge is 0.480 e. The molecule has 2 rings (SSSR count). The zero-order valence-electron chi connectivity index (χ0n) is 22.4. The molecule has 5 atom stereocenters. The summed E-state index contributed by atoms with van der Waals surface area (Å²) in [6.07, 6.45) is 1.38. The van der Waals surface area contributed by atoms with Crippen LogP contribution in [0.15, 0.2) is 30.5 Å². The normalized spacial score (nSPS) is 14.9. The van der Waals surface area contributed by atoms with Crippen molar-refractivity contribution in [1.29, 1.82) is 0 Å². The number of carboxylic acid groups (broad SMARTS) is 1. The molecule has 40 heavy (non-hydrogen) atoms. The lowest BCUT2D eigenvalue weighted by Crippen LogP contribution is -2.60. The quantitative estimate of drug-likeness (QED) is 0.100. The Hall–Kier alpha value is -4.01. The fraction of sp³-hybridized carbons (Fsp3) is 0.500. The van der Waals surface area contributed by atoms with Crippen LogP contribution < -0.4 is 33.2 Å². The minimum absolute atomic E-state index is 0.0294. The number of nitrogens with two attached hydrogens (primary N) is 3. The van der Waals surface area contributed by atoms with E-state index in [9.17, 15) is 34.2 Å². The van der Waals surface area contributed by atoms with Crippen molar-refractivity contribution in [3.8, 4) is 0 Å². The maximum absolute atomic E-state index is 13.4. The average molecular weight is 562 g/mol. The van der Waals surface area contributed by atoms with Crippen molar-refractivity contribution in [2.24, 2.45) is 17.2 Å². The first kappa shape index (κ1) is 32.2. The Morgan fingerprint density at radius 3 is 2.25 bits per heavy atom. The highest BCUT2D eigenvalue weighted by Crippen LogP contribution is 2.19. The summed E-state index contributed by atoms with van der Waals surface area (Å²) in [6, 6.07) is 2.23. The molecule has 0 spiro atoms. The van der Waals surface area contributed by atoms with Gasteiger partial charge < -0.3 is 48.3 Å². The van der Waals surface area contributed by atoms with Crippen LogP contribution in [0.1, 0.15) is 44.6 Å². The third kappa shape index (κ3) is 9.63. The fourth-order valence-electron chi connectivity index (χ4n) is 4.11. The topological polar surface area (TPSA) is 256 Å². The molecule has 0 bridgehead atoms. The van der Waals surface area contributed by atoms with E-state index in [4.69, 9.17) is 17.2 Å². The number of primary amides is 1. The lowest BCUT2D eigenvalue weighted by molar-refractivity contribution is -0.143. The van der Waals surface area contributed by atoms with E-state index in [1.165, 1.54) is 6.92 Å². The van der Waals surface area contributed by atoms with Gasteiger partial charge in [-0.1, -0.05) is 24.6 Å². The van der Waals surface area contributed by atoms with Gasteiger partial charge in [0.15, 0.2) is 0 Å². The van der Waals surface area contributed by atoms with Crippen LogP contribution in [0.5, 0.6) is 0 Å². The molecule has 14 heteroatoms. The van der Waals surface area contributed by atoms with Crippen molar-refractivity contribution in [1.82, 2.24) is 20.9 Å². The monoisotopic (exact) mass is 561 g/mol. The Balaban J connectivity index is 2.24. The molecular weight excluding hydrogens is 522 g/mol. The summed E-state index contributed by atoms with van der Waals surface area (Å²) in [4.78, 5) is 64.9. The molecule has 2 aromatic rings. The van der Waals surface area contributed by atoms with Crippen molar-refractivity contribution in [2.45, 2.75) is 75.7 Å². The molecule has 12 N–H and O–H groups in total. The van der Waals surface area contributed by atoms with Crippen molar-refractivity contribution >= 4 is 40.5 Å². The highest BCUT2D eigenvalue weighted by Gasteiger charge is 2.33. The van der Waals surface area contributed by atoms with Crippen molar-refractivity contribution in [3.05, 3.63) is 36.0 Å². The lowest BCUT2D eigenvalue weighted by atomic mass is 10.0. The maximum atomic E-state index is 13.4. The van der Waals surface area contributed by atoms with E-state index in [1.54, 1.807) is 6.20 Å². The molecule has 220 valence electrons. The van der Waals surface area contributed by atoms with Crippen LogP contribution in [-0.4, -0.2) is 81.6 Å². The van der Waals surface area contributed by atoms with Crippen LogP contribution in [0.3, 0.4) is 0 Å². The van der Waals surface area contributed by atoms with E-state index in [0.29, 0.717) is 31.4 Å². The number of carbonyl (C=O) groups is 5. The van der Waals surface area contributed by atoms with Gasteiger partial charge in [-0.15, -0.1) is 0 Å². The van der Waals surface area contributed by atoms with Gasteiger partial charge in [0.1, 0.15) is 18.1 Å². The summed E-state index contributed by atoms with van der Waals surface area (Å²) in [5.74, 6) is -4.53. The number of aliphatic carboxylic acids is 1. The first-order valence-electron chi connectivity index (χ1n) is 13.1. The summed E-state index contributed by atoms with van der Waals surface area (Å²) in [5, 5.41) is 27.7. The van der Waals surface area contributed by atoms with Gasteiger partial charge in [-0.25, -0.2) is 4.79 Å². The van der Waals surface area contributed by atoms with E-state index in [0.717, 1.165) is 10.9 Å². The number of H-pyrrole nitrogens is 1. The van der Waals surface area contributed by atoms with Gasteiger partial charge in [0, 0.05) is 29.9 Å². The number of carbonyl (C=O) groups excluding carboxylic acids is 4. The Bertz CT molecular complexity index is 1180. The summed E-state index contributed by atoms with van der Waals surface area (Å²) in [5.41, 5.74) is 18.1. The summed E-state index contributed by atoms with van der Waals surface area (Å²) in [7, 11) is 0. The molecule has 5 unspecified atom stereocenters. The van der Waals surface area contributed by atoms with Crippen LogP contribution >= 0.6 is 0 Å². The second-order valence-electron chi connectivity index (χ2n) is 9.65. The minimum atomic E-state index is -1.57. The van der Waals surface area contributed by atoms with Gasteiger partial charge in [0.2, 0.25) is 23.6 Å². The predicted octanol–water partition coefficient (Wildman–Crippen LogP) is -1.65. The van der Waals surface area contributed by atoms with Crippen molar-refractivity contribution in [2.75, 3.05) is 6.54 Å². The lowest BCUT2D eigenvalue weighted by Gasteiger charge is -2.26. The number of hydrogen-bond acceptors (Lipinski definition) is 8. The van der Waals surface area contributed by atoms with Gasteiger partial charge in [0.25, 0.3) is 0 Å². The highest BCUT2D eigenvalue weighted by molar-refractivity contribution is 5.95. The zero-order chi connectivity index (χ0) is 29.8. The third-order valence-corrected chi connectivity index (χ3v) is 6.39. The molecule has 14 nitrogen and oxygen atoms in total. The SMILES string of the molecule is CC(O)C(NC(=O)C(Cc1c[nH]c2ccccc12)NC(=O)C(N)CCCCN)C(=O)NC(CCC(N)=O)C(=O)O. The molecule has 1 aromatic carbocycles. The zero-order valence-corrected chi connectivity index (χ0v) is 22.4. The molecule has 0 aliphatic rings. The Kier molecular flexibility index (Phi) is 12.5. The van der Waals surface area contributed by atoms with E-state index in [-0.39, 0.29) is 19.3 Å². The molecule has 0 aliphatic heterocycles. The Labute approximate surface area is 231 Å². The number of aromatic nitrogens is 1. The molecule has 0 aliphatic carbocycles.